The van der Waals surface area contributed by atoms with Gasteiger partial charge in [0.05, 0.1) is 5.56 Å². The van der Waals surface area contributed by atoms with Crippen LogP contribution in [-0.4, -0.2) is 44.8 Å². The normalized spacial score (nSPS) is 15.3. The van der Waals surface area contributed by atoms with E-state index >= 15 is 0 Å². The molecule has 0 bridgehead atoms. The van der Waals surface area contributed by atoms with Gasteiger partial charge in [0.2, 0.25) is 5.91 Å². The second kappa shape index (κ2) is 10.2. The number of rotatable bonds is 7. The zero-order valence-corrected chi connectivity index (χ0v) is 19.8. The number of piperidine rings is 1. The van der Waals surface area contributed by atoms with E-state index in [9.17, 15) is 9.18 Å². The van der Waals surface area contributed by atoms with Crippen molar-refractivity contribution in [2.75, 3.05) is 18.0 Å². The molecule has 180 valence electrons. The molecule has 1 saturated heterocycles. The minimum Gasteiger partial charge on any atom is -0.355 e. The van der Waals surface area contributed by atoms with Crippen LogP contribution in [0, 0.1) is 11.7 Å². The summed E-state index contributed by atoms with van der Waals surface area (Å²) >= 11 is 0. The second-order valence-corrected chi connectivity index (χ2v) is 9.16. The number of nitrogens with zero attached hydrogens (tertiary/aromatic N) is 5. The SMILES string of the molecule is C[C@H](CCc1ccccc1)NC(=O)C1CCN(c2ccc3nnc(-c4ccccc4F)n3n2)CC1. The van der Waals surface area contributed by atoms with Gasteiger partial charge < -0.3 is 10.2 Å². The first-order valence-corrected chi connectivity index (χ1v) is 12.1. The number of halogens is 1. The molecule has 0 saturated carbocycles. The molecule has 8 heteroatoms. The molecule has 0 spiro atoms. The fourth-order valence-corrected chi connectivity index (χ4v) is 4.59. The van der Waals surface area contributed by atoms with Gasteiger partial charge in [-0.15, -0.1) is 15.3 Å². The number of anilines is 1. The smallest absolute Gasteiger partial charge is 0.223 e. The highest BCUT2D eigenvalue weighted by Gasteiger charge is 2.27. The Hall–Kier alpha value is -3.81. The molecule has 0 unspecified atom stereocenters. The fraction of sp³-hybridized carbons (Fsp3) is 0.333. The van der Waals surface area contributed by atoms with E-state index in [1.165, 1.54) is 11.6 Å². The average molecular weight is 473 g/mol. The van der Waals surface area contributed by atoms with Crippen LogP contribution in [0.4, 0.5) is 10.2 Å². The van der Waals surface area contributed by atoms with Gasteiger partial charge >= 0.3 is 0 Å². The van der Waals surface area contributed by atoms with Crippen LogP contribution in [0.1, 0.15) is 31.7 Å². The predicted octanol–water partition coefficient (Wildman–Crippen LogP) is 4.28. The molecule has 35 heavy (non-hydrogen) atoms. The number of fused-ring (bicyclic) bond motifs is 1. The number of carbonyl (C=O) groups excluding carboxylic acids is 1. The van der Waals surface area contributed by atoms with Gasteiger partial charge in [0.15, 0.2) is 11.5 Å². The minimum atomic E-state index is -0.362. The highest BCUT2D eigenvalue weighted by atomic mass is 19.1. The van der Waals surface area contributed by atoms with Gasteiger partial charge in [-0.1, -0.05) is 42.5 Å². The summed E-state index contributed by atoms with van der Waals surface area (Å²) in [6.45, 7) is 3.53. The van der Waals surface area contributed by atoms with Crippen molar-refractivity contribution >= 4 is 17.4 Å². The summed E-state index contributed by atoms with van der Waals surface area (Å²) < 4.78 is 15.9. The number of hydrogen-bond acceptors (Lipinski definition) is 5. The van der Waals surface area contributed by atoms with E-state index in [-0.39, 0.29) is 23.7 Å². The van der Waals surface area contributed by atoms with E-state index in [0.29, 0.717) is 17.0 Å². The Balaban J connectivity index is 1.19. The van der Waals surface area contributed by atoms with Crippen LogP contribution >= 0.6 is 0 Å². The molecule has 1 N–H and O–H groups in total. The van der Waals surface area contributed by atoms with E-state index in [0.717, 1.165) is 44.6 Å². The third kappa shape index (κ3) is 5.16. The zero-order chi connectivity index (χ0) is 24.2. The molecule has 1 aliphatic rings. The van der Waals surface area contributed by atoms with Crippen LogP contribution in [0.2, 0.25) is 0 Å². The van der Waals surface area contributed by atoms with E-state index in [1.807, 2.05) is 30.3 Å². The van der Waals surface area contributed by atoms with Gasteiger partial charge in [0.25, 0.3) is 0 Å². The number of aromatic nitrogens is 4. The topological polar surface area (TPSA) is 75.4 Å². The van der Waals surface area contributed by atoms with Crippen LogP contribution in [-0.2, 0) is 11.2 Å². The lowest BCUT2D eigenvalue weighted by molar-refractivity contribution is -0.126. The van der Waals surface area contributed by atoms with E-state index in [4.69, 9.17) is 5.10 Å². The van der Waals surface area contributed by atoms with Crippen molar-refractivity contribution in [2.24, 2.45) is 5.92 Å². The van der Waals surface area contributed by atoms with Crippen LogP contribution < -0.4 is 10.2 Å². The molecule has 2 aromatic heterocycles. The maximum absolute atomic E-state index is 14.3. The molecular weight excluding hydrogens is 443 g/mol. The summed E-state index contributed by atoms with van der Waals surface area (Å²) in [5, 5.41) is 16.2. The first kappa shape index (κ1) is 23.0. The van der Waals surface area contributed by atoms with Gasteiger partial charge in [-0.2, -0.15) is 4.52 Å². The first-order chi connectivity index (χ1) is 17.1. The lowest BCUT2D eigenvalue weighted by atomic mass is 9.95. The molecule has 1 fully saturated rings. The van der Waals surface area contributed by atoms with E-state index < -0.39 is 0 Å². The van der Waals surface area contributed by atoms with Gasteiger partial charge in [-0.05, 0) is 62.4 Å². The van der Waals surface area contributed by atoms with Crippen molar-refractivity contribution in [2.45, 2.75) is 38.6 Å². The third-order valence-electron chi connectivity index (χ3n) is 6.65. The molecule has 1 amide bonds. The van der Waals surface area contributed by atoms with Gasteiger partial charge in [-0.25, -0.2) is 4.39 Å². The van der Waals surface area contributed by atoms with Crippen molar-refractivity contribution in [3.63, 3.8) is 0 Å². The predicted molar refractivity (Wildman–Crippen MR) is 133 cm³/mol. The molecule has 0 radical (unpaired) electrons. The van der Waals surface area contributed by atoms with Gasteiger partial charge in [0.1, 0.15) is 11.6 Å². The van der Waals surface area contributed by atoms with Crippen molar-refractivity contribution in [3.05, 3.63) is 78.1 Å². The number of carbonyl (C=O) groups is 1. The lowest BCUT2D eigenvalue weighted by Crippen LogP contribution is -2.43. The summed E-state index contributed by atoms with van der Waals surface area (Å²) in [7, 11) is 0. The minimum absolute atomic E-state index is 0.00181. The summed E-state index contributed by atoms with van der Waals surface area (Å²) in [6, 6.07) is 20.7. The molecule has 2 aromatic carbocycles. The quantitative estimate of drug-likeness (QED) is 0.434. The maximum atomic E-state index is 14.3. The van der Waals surface area contributed by atoms with Crippen molar-refractivity contribution in [3.8, 4) is 11.4 Å². The number of benzene rings is 2. The zero-order valence-electron chi connectivity index (χ0n) is 19.8. The Morgan fingerprint density at radius 2 is 1.77 bits per heavy atom. The van der Waals surface area contributed by atoms with E-state index in [1.54, 1.807) is 22.7 Å². The molecule has 1 atom stereocenters. The Kier molecular flexibility index (Phi) is 6.70. The second-order valence-electron chi connectivity index (χ2n) is 9.16. The molecule has 7 nitrogen and oxygen atoms in total. The number of amides is 1. The Labute approximate surface area is 204 Å². The Morgan fingerprint density at radius 1 is 1.03 bits per heavy atom. The van der Waals surface area contributed by atoms with Crippen molar-refractivity contribution < 1.29 is 9.18 Å². The molecule has 0 aliphatic carbocycles. The highest BCUT2D eigenvalue weighted by molar-refractivity contribution is 5.79. The molecule has 1 aliphatic heterocycles. The monoisotopic (exact) mass is 472 g/mol. The average Bonchev–Trinajstić information content (AvgIpc) is 3.31. The number of hydrogen-bond donors (Lipinski definition) is 1. The van der Waals surface area contributed by atoms with Crippen LogP contribution in [0.25, 0.3) is 17.0 Å². The third-order valence-corrected chi connectivity index (χ3v) is 6.65. The van der Waals surface area contributed by atoms with Crippen LogP contribution in [0.15, 0.2) is 66.7 Å². The molecule has 3 heterocycles. The molecule has 4 aromatic rings. The largest absolute Gasteiger partial charge is 0.355 e. The summed E-state index contributed by atoms with van der Waals surface area (Å²) in [6.07, 6.45) is 3.40. The van der Waals surface area contributed by atoms with Crippen LogP contribution in [0.3, 0.4) is 0 Å². The number of aryl methyl sites for hydroxylation is 1. The molecular formula is C27H29FN6O. The van der Waals surface area contributed by atoms with Gasteiger partial charge in [-0.3, -0.25) is 4.79 Å². The van der Waals surface area contributed by atoms with Gasteiger partial charge in [0, 0.05) is 25.0 Å². The highest BCUT2D eigenvalue weighted by Crippen LogP contribution is 2.25. The summed E-state index contributed by atoms with van der Waals surface area (Å²) in [5.41, 5.74) is 2.21. The Bertz CT molecular complexity index is 1300. The Morgan fingerprint density at radius 3 is 2.54 bits per heavy atom. The van der Waals surface area contributed by atoms with Crippen LogP contribution in [0.5, 0.6) is 0 Å². The molecule has 5 rings (SSSR count). The fourth-order valence-electron chi connectivity index (χ4n) is 4.59. The van der Waals surface area contributed by atoms with Crippen molar-refractivity contribution in [1.82, 2.24) is 25.1 Å². The lowest BCUT2D eigenvalue weighted by Gasteiger charge is -2.32. The summed E-state index contributed by atoms with van der Waals surface area (Å²) in [5.74, 6) is 0.912. The van der Waals surface area contributed by atoms with Crippen molar-refractivity contribution in [1.29, 1.82) is 0 Å². The summed E-state index contributed by atoms with van der Waals surface area (Å²) in [4.78, 5) is 15.0. The number of nitrogens with one attached hydrogen (secondary N) is 1. The van der Waals surface area contributed by atoms with E-state index in [2.05, 4.69) is 39.5 Å². The standard InChI is InChI=1S/C27H29FN6O/c1-19(11-12-20-7-3-2-4-8-20)29-27(35)21-15-17-33(18-16-21)25-14-13-24-30-31-26(34(24)32-25)22-9-5-6-10-23(22)28/h2-10,13-14,19,21H,11-12,15-18H2,1H3,(H,29,35)/t19-/m1/s1. The first-order valence-electron chi connectivity index (χ1n) is 12.1. The maximum Gasteiger partial charge on any atom is 0.223 e.